The molecule has 0 radical (unpaired) electrons. The predicted octanol–water partition coefficient (Wildman–Crippen LogP) is 3.03. The van der Waals surface area contributed by atoms with Gasteiger partial charge < -0.3 is 5.11 Å². The lowest BCUT2D eigenvalue weighted by atomic mass is 10.0. The molecule has 1 aromatic rings. The minimum Gasteiger partial charge on any atom is -0.389 e. The van der Waals surface area contributed by atoms with Crippen LogP contribution in [-0.4, -0.2) is 11.2 Å². The van der Waals surface area contributed by atoms with E-state index in [1.165, 1.54) is 0 Å². The van der Waals surface area contributed by atoms with Crippen LogP contribution in [0.15, 0.2) is 49.1 Å². The monoisotopic (exact) mass is 188 g/mol. The molecule has 0 bridgehead atoms. The summed E-state index contributed by atoms with van der Waals surface area (Å²) in [5, 5.41) is 9.53. The molecule has 0 heterocycles. The molecule has 0 spiro atoms. The van der Waals surface area contributed by atoms with E-state index in [1.807, 2.05) is 43.3 Å². The van der Waals surface area contributed by atoms with E-state index in [1.54, 1.807) is 6.08 Å². The summed E-state index contributed by atoms with van der Waals surface area (Å²) in [4.78, 5) is 0. The van der Waals surface area contributed by atoms with Crippen molar-refractivity contribution in [1.82, 2.24) is 0 Å². The Morgan fingerprint density at radius 1 is 1.43 bits per heavy atom. The molecule has 0 aliphatic carbocycles. The molecule has 1 unspecified atom stereocenters. The van der Waals surface area contributed by atoms with Gasteiger partial charge in [-0.15, -0.1) is 0 Å². The minimum absolute atomic E-state index is 0.423. The molecule has 14 heavy (non-hydrogen) atoms. The summed E-state index contributed by atoms with van der Waals surface area (Å²) in [6.07, 6.45) is 3.79. The number of hydrogen-bond donors (Lipinski definition) is 1. The molecular weight excluding hydrogens is 172 g/mol. The van der Waals surface area contributed by atoms with Gasteiger partial charge in [0, 0.05) is 6.42 Å². The smallest absolute Gasteiger partial charge is 0.0761 e. The fourth-order valence-electron chi connectivity index (χ4n) is 1.33. The lowest BCUT2D eigenvalue weighted by Gasteiger charge is -2.08. The third kappa shape index (κ3) is 3.19. The minimum atomic E-state index is -0.423. The van der Waals surface area contributed by atoms with Crippen LogP contribution in [0.5, 0.6) is 0 Å². The first-order chi connectivity index (χ1) is 6.74. The van der Waals surface area contributed by atoms with Crippen LogP contribution in [0.3, 0.4) is 0 Å². The third-order valence-electron chi connectivity index (χ3n) is 2.05. The van der Waals surface area contributed by atoms with Gasteiger partial charge in [-0.1, -0.05) is 49.1 Å². The molecule has 0 aliphatic rings. The van der Waals surface area contributed by atoms with E-state index in [9.17, 15) is 5.11 Å². The standard InChI is InChI=1S/C13H16O/c1-3-7-13(14)10-11(2)12-8-5-4-6-9-12/h3-9,13-14H,2,10H2,1H3/b7-3+. The Hall–Kier alpha value is -1.34. The van der Waals surface area contributed by atoms with E-state index in [0.29, 0.717) is 6.42 Å². The summed E-state index contributed by atoms with van der Waals surface area (Å²) >= 11 is 0. The maximum atomic E-state index is 9.53. The Kier molecular flexibility index (Phi) is 4.14. The number of hydrogen-bond acceptors (Lipinski definition) is 1. The molecule has 1 heteroatoms. The second-order valence-electron chi connectivity index (χ2n) is 3.27. The quantitative estimate of drug-likeness (QED) is 0.720. The molecule has 74 valence electrons. The summed E-state index contributed by atoms with van der Waals surface area (Å²) in [6.45, 7) is 5.85. The molecule has 1 nitrogen and oxygen atoms in total. The lowest BCUT2D eigenvalue weighted by molar-refractivity contribution is 0.229. The SMILES string of the molecule is C=C(CC(O)/C=C/C)c1ccccc1. The number of benzene rings is 1. The van der Waals surface area contributed by atoms with E-state index in [2.05, 4.69) is 6.58 Å². The molecule has 0 amide bonds. The van der Waals surface area contributed by atoms with Crippen molar-refractivity contribution in [3.05, 3.63) is 54.6 Å². The van der Waals surface area contributed by atoms with Gasteiger partial charge in [-0.05, 0) is 18.1 Å². The summed E-state index contributed by atoms with van der Waals surface area (Å²) in [6, 6.07) is 9.93. The van der Waals surface area contributed by atoms with Crippen molar-refractivity contribution >= 4 is 5.57 Å². The Labute approximate surface area is 85.4 Å². The van der Waals surface area contributed by atoms with Crippen LogP contribution in [0.2, 0.25) is 0 Å². The summed E-state index contributed by atoms with van der Waals surface area (Å²) in [5.74, 6) is 0. The van der Waals surface area contributed by atoms with Crippen molar-refractivity contribution in [2.45, 2.75) is 19.4 Å². The predicted molar refractivity (Wildman–Crippen MR) is 60.9 cm³/mol. The van der Waals surface area contributed by atoms with Gasteiger partial charge in [-0.2, -0.15) is 0 Å². The van der Waals surface area contributed by atoms with E-state index >= 15 is 0 Å². The van der Waals surface area contributed by atoms with Gasteiger partial charge in [-0.25, -0.2) is 0 Å². The van der Waals surface area contributed by atoms with Gasteiger partial charge in [0.05, 0.1) is 6.10 Å². The van der Waals surface area contributed by atoms with E-state index < -0.39 is 6.10 Å². The summed E-state index contributed by atoms with van der Waals surface area (Å²) in [5.41, 5.74) is 2.06. The first-order valence-electron chi connectivity index (χ1n) is 4.78. The van der Waals surface area contributed by atoms with Crippen LogP contribution in [0.1, 0.15) is 18.9 Å². The second-order valence-corrected chi connectivity index (χ2v) is 3.27. The fourth-order valence-corrected chi connectivity index (χ4v) is 1.33. The van der Waals surface area contributed by atoms with Crippen molar-refractivity contribution in [3.63, 3.8) is 0 Å². The van der Waals surface area contributed by atoms with Crippen molar-refractivity contribution in [2.24, 2.45) is 0 Å². The number of aliphatic hydroxyl groups is 1. The molecule has 0 aromatic heterocycles. The highest BCUT2D eigenvalue weighted by molar-refractivity contribution is 5.63. The van der Waals surface area contributed by atoms with Crippen LogP contribution < -0.4 is 0 Å². The van der Waals surface area contributed by atoms with E-state index in [-0.39, 0.29) is 0 Å². The zero-order valence-electron chi connectivity index (χ0n) is 8.48. The highest BCUT2D eigenvalue weighted by Gasteiger charge is 2.03. The van der Waals surface area contributed by atoms with Crippen LogP contribution in [-0.2, 0) is 0 Å². The average molecular weight is 188 g/mol. The zero-order chi connectivity index (χ0) is 10.4. The van der Waals surface area contributed by atoms with Crippen molar-refractivity contribution in [1.29, 1.82) is 0 Å². The maximum absolute atomic E-state index is 9.53. The van der Waals surface area contributed by atoms with Crippen LogP contribution in [0.4, 0.5) is 0 Å². The van der Waals surface area contributed by atoms with Crippen molar-refractivity contribution in [2.75, 3.05) is 0 Å². The van der Waals surface area contributed by atoms with E-state index in [0.717, 1.165) is 11.1 Å². The molecule has 0 aliphatic heterocycles. The molecule has 1 N–H and O–H groups in total. The molecule has 0 fully saturated rings. The molecule has 1 atom stereocenters. The fraction of sp³-hybridized carbons (Fsp3) is 0.231. The zero-order valence-corrected chi connectivity index (χ0v) is 8.48. The first-order valence-corrected chi connectivity index (χ1v) is 4.78. The second kappa shape index (κ2) is 5.40. The van der Waals surface area contributed by atoms with Crippen molar-refractivity contribution in [3.8, 4) is 0 Å². The summed E-state index contributed by atoms with van der Waals surface area (Å²) in [7, 11) is 0. The van der Waals surface area contributed by atoms with Crippen LogP contribution in [0.25, 0.3) is 5.57 Å². The Morgan fingerprint density at radius 3 is 2.64 bits per heavy atom. The largest absolute Gasteiger partial charge is 0.389 e. The molecule has 0 saturated carbocycles. The van der Waals surface area contributed by atoms with Gasteiger partial charge in [0.1, 0.15) is 0 Å². The topological polar surface area (TPSA) is 20.2 Å². The number of rotatable bonds is 4. The molecule has 0 saturated heterocycles. The van der Waals surface area contributed by atoms with E-state index in [4.69, 9.17) is 0 Å². The Balaban J connectivity index is 2.59. The Bertz CT molecular complexity index is 311. The molecular formula is C13H16O. The van der Waals surface area contributed by atoms with Crippen molar-refractivity contribution < 1.29 is 5.11 Å². The highest BCUT2D eigenvalue weighted by atomic mass is 16.3. The third-order valence-corrected chi connectivity index (χ3v) is 2.05. The van der Waals surface area contributed by atoms with Gasteiger partial charge in [0.2, 0.25) is 0 Å². The number of aliphatic hydroxyl groups excluding tert-OH is 1. The number of allylic oxidation sites excluding steroid dienone is 1. The maximum Gasteiger partial charge on any atom is 0.0761 e. The molecule has 1 rings (SSSR count). The summed E-state index contributed by atoms with van der Waals surface area (Å²) < 4.78 is 0. The average Bonchev–Trinajstić information content (AvgIpc) is 2.19. The van der Waals surface area contributed by atoms with Crippen LogP contribution >= 0.6 is 0 Å². The van der Waals surface area contributed by atoms with Crippen LogP contribution in [0, 0.1) is 0 Å². The van der Waals surface area contributed by atoms with Gasteiger partial charge in [0.25, 0.3) is 0 Å². The highest BCUT2D eigenvalue weighted by Crippen LogP contribution is 2.17. The Morgan fingerprint density at radius 2 is 2.07 bits per heavy atom. The lowest BCUT2D eigenvalue weighted by Crippen LogP contribution is -2.02. The van der Waals surface area contributed by atoms with Gasteiger partial charge >= 0.3 is 0 Å². The molecule has 1 aromatic carbocycles. The van der Waals surface area contributed by atoms with Gasteiger partial charge in [0.15, 0.2) is 0 Å². The van der Waals surface area contributed by atoms with Gasteiger partial charge in [-0.3, -0.25) is 0 Å². The first kappa shape index (κ1) is 10.7. The normalized spacial score (nSPS) is 13.0.